The summed E-state index contributed by atoms with van der Waals surface area (Å²) >= 11 is 0. The van der Waals surface area contributed by atoms with E-state index >= 15 is 0 Å². The van der Waals surface area contributed by atoms with E-state index in [-0.39, 0.29) is 17.9 Å². The summed E-state index contributed by atoms with van der Waals surface area (Å²) in [5, 5.41) is 11.2. The molecule has 0 aliphatic heterocycles. The average molecular weight is 468 g/mol. The standard InChI is InChI=1S/C28H29N5O2/c1-17(2)33-26-24(16-30-33)23(14-25(32-26)20-11-12-20)28(35)29-15-19-5-4-6-22(13-19)31-27(34)21-9-7-18(3)8-10-21/h4-10,13-14,16-17,20H,11-12,15H2,1-3H3,(H,29,35)(H,31,34). The zero-order valence-electron chi connectivity index (χ0n) is 20.2. The largest absolute Gasteiger partial charge is 0.348 e. The molecule has 1 fully saturated rings. The van der Waals surface area contributed by atoms with Gasteiger partial charge in [0.25, 0.3) is 11.8 Å². The molecule has 0 spiro atoms. The van der Waals surface area contributed by atoms with Crippen LogP contribution in [0.5, 0.6) is 0 Å². The molecular formula is C28H29N5O2. The van der Waals surface area contributed by atoms with Gasteiger partial charge in [-0.1, -0.05) is 29.8 Å². The smallest absolute Gasteiger partial charge is 0.255 e. The average Bonchev–Trinajstić information content (AvgIpc) is 3.61. The second-order valence-corrected chi connectivity index (χ2v) is 9.49. The number of nitrogens with zero attached hydrogens (tertiary/aromatic N) is 3. The Balaban J connectivity index is 1.32. The first-order valence-corrected chi connectivity index (χ1v) is 12.0. The summed E-state index contributed by atoms with van der Waals surface area (Å²) in [5.74, 6) is 0.104. The molecule has 1 aliphatic carbocycles. The number of amides is 2. The lowest BCUT2D eigenvalue weighted by molar-refractivity contribution is 0.0951. The van der Waals surface area contributed by atoms with Crippen LogP contribution in [0.2, 0.25) is 0 Å². The Morgan fingerprint density at radius 1 is 1.06 bits per heavy atom. The van der Waals surface area contributed by atoms with E-state index in [1.807, 2.05) is 66.2 Å². The van der Waals surface area contributed by atoms with Crippen molar-refractivity contribution < 1.29 is 9.59 Å². The number of anilines is 1. The number of carbonyl (C=O) groups is 2. The van der Waals surface area contributed by atoms with Crippen LogP contribution in [0, 0.1) is 6.92 Å². The van der Waals surface area contributed by atoms with Crippen LogP contribution in [0.3, 0.4) is 0 Å². The van der Waals surface area contributed by atoms with Crippen molar-refractivity contribution in [2.45, 2.75) is 52.1 Å². The van der Waals surface area contributed by atoms with Crippen molar-refractivity contribution in [3.8, 4) is 0 Å². The maximum Gasteiger partial charge on any atom is 0.255 e. The van der Waals surface area contributed by atoms with Crippen LogP contribution in [0.25, 0.3) is 11.0 Å². The summed E-state index contributed by atoms with van der Waals surface area (Å²) in [6, 6.07) is 17.0. The third kappa shape index (κ3) is 4.94. The van der Waals surface area contributed by atoms with Crippen LogP contribution in [-0.2, 0) is 6.54 Å². The Morgan fingerprint density at radius 2 is 1.83 bits per heavy atom. The monoisotopic (exact) mass is 467 g/mol. The molecule has 0 unspecified atom stereocenters. The molecular weight excluding hydrogens is 438 g/mol. The normalized spacial score (nSPS) is 13.3. The van der Waals surface area contributed by atoms with Gasteiger partial charge in [0.2, 0.25) is 0 Å². The van der Waals surface area contributed by atoms with E-state index in [0.717, 1.165) is 40.7 Å². The summed E-state index contributed by atoms with van der Waals surface area (Å²) in [4.78, 5) is 30.6. The van der Waals surface area contributed by atoms with E-state index in [1.165, 1.54) is 0 Å². The van der Waals surface area contributed by atoms with Crippen LogP contribution in [0.15, 0.2) is 60.8 Å². The van der Waals surface area contributed by atoms with E-state index in [2.05, 4.69) is 29.6 Å². The molecule has 1 saturated carbocycles. The molecule has 0 radical (unpaired) electrons. The first-order valence-electron chi connectivity index (χ1n) is 12.0. The molecule has 7 heteroatoms. The Hall–Kier alpha value is -4.00. The molecule has 2 aromatic heterocycles. The minimum atomic E-state index is -0.167. The Kier molecular flexibility index (Phi) is 6.07. The summed E-state index contributed by atoms with van der Waals surface area (Å²) in [5.41, 5.74) is 5.61. The first-order chi connectivity index (χ1) is 16.9. The van der Waals surface area contributed by atoms with E-state index in [4.69, 9.17) is 4.98 Å². The van der Waals surface area contributed by atoms with Crippen molar-refractivity contribution >= 4 is 28.5 Å². The molecule has 7 nitrogen and oxygen atoms in total. The van der Waals surface area contributed by atoms with Gasteiger partial charge in [0, 0.05) is 35.4 Å². The molecule has 0 atom stereocenters. The number of benzene rings is 2. The highest BCUT2D eigenvalue weighted by Gasteiger charge is 2.28. The van der Waals surface area contributed by atoms with Gasteiger partial charge in [0.1, 0.15) is 0 Å². The first kappa shape index (κ1) is 22.8. The van der Waals surface area contributed by atoms with E-state index in [9.17, 15) is 9.59 Å². The van der Waals surface area contributed by atoms with Gasteiger partial charge in [-0.25, -0.2) is 9.67 Å². The summed E-state index contributed by atoms with van der Waals surface area (Å²) in [6.07, 6.45) is 3.95. The van der Waals surface area contributed by atoms with Crippen molar-refractivity contribution in [2.75, 3.05) is 5.32 Å². The fraction of sp³-hybridized carbons (Fsp3) is 0.286. The van der Waals surface area contributed by atoms with Crippen LogP contribution in [-0.4, -0.2) is 26.6 Å². The van der Waals surface area contributed by atoms with Crippen LogP contribution in [0.4, 0.5) is 5.69 Å². The molecule has 0 bridgehead atoms. The second kappa shape index (κ2) is 9.33. The van der Waals surface area contributed by atoms with Crippen molar-refractivity contribution in [1.29, 1.82) is 0 Å². The van der Waals surface area contributed by atoms with Gasteiger partial charge >= 0.3 is 0 Å². The van der Waals surface area contributed by atoms with Gasteiger partial charge in [-0.15, -0.1) is 0 Å². The van der Waals surface area contributed by atoms with Crippen LogP contribution >= 0.6 is 0 Å². The SMILES string of the molecule is Cc1ccc(C(=O)Nc2cccc(CNC(=O)c3cc(C4CC4)nc4c3cnn4C(C)C)c2)cc1. The zero-order valence-corrected chi connectivity index (χ0v) is 20.2. The number of pyridine rings is 1. The maximum absolute atomic E-state index is 13.2. The number of hydrogen-bond donors (Lipinski definition) is 2. The predicted molar refractivity (Wildman–Crippen MR) is 137 cm³/mol. The van der Waals surface area contributed by atoms with Crippen molar-refractivity contribution in [2.24, 2.45) is 0 Å². The lowest BCUT2D eigenvalue weighted by Crippen LogP contribution is -2.23. The van der Waals surface area contributed by atoms with Gasteiger partial charge in [-0.2, -0.15) is 5.10 Å². The molecule has 0 saturated heterocycles. The second-order valence-electron chi connectivity index (χ2n) is 9.49. The highest BCUT2D eigenvalue weighted by molar-refractivity contribution is 6.06. The minimum absolute atomic E-state index is 0.156. The molecule has 1 aliphatic rings. The minimum Gasteiger partial charge on any atom is -0.348 e. The lowest BCUT2D eigenvalue weighted by Gasteiger charge is -2.11. The lowest BCUT2D eigenvalue weighted by atomic mass is 10.1. The number of nitrogens with one attached hydrogen (secondary N) is 2. The zero-order chi connectivity index (χ0) is 24.5. The Bertz CT molecular complexity index is 1400. The van der Waals surface area contributed by atoms with Crippen molar-refractivity contribution in [1.82, 2.24) is 20.1 Å². The van der Waals surface area contributed by atoms with Gasteiger partial charge < -0.3 is 10.6 Å². The Morgan fingerprint density at radius 3 is 2.54 bits per heavy atom. The van der Waals surface area contributed by atoms with Crippen molar-refractivity contribution in [3.63, 3.8) is 0 Å². The van der Waals surface area contributed by atoms with Gasteiger partial charge in [-0.05, 0) is 69.5 Å². The maximum atomic E-state index is 13.2. The van der Waals surface area contributed by atoms with E-state index in [1.54, 1.807) is 6.20 Å². The van der Waals surface area contributed by atoms with Crippen molar-refractivity contribution in [3.05, 3.63) is 88.7 Å². The number of aryl methyl sites for hydroxylation is 1. The van der Waals surface area contributed by atoms with E-state index in [0.29, 0.717) is 29.3 Å². The number of fused-ring (bicyclic) bond motifs is 1. The van der Waals surface area contributed by atoms with Crippen LogP contribution in [0.1, 0.15) is 76.2 Å². The third-order valence-corrected chi connectivity index (χ3v) is 6.27. The molecule has 2 aromatic carbocycles. The molecule has 178 valence electrons. The highest BCUT2D eigenvalue weighted by Crippen LogP contribution is 2.40. The highest BCUT2D eigenvalue weighted by atomic mass is 16.2. The number of hydrogen-bond acceptors (Lipinski definition) is 4. The fourth-order valence-corrected chi connectivity index (χ4v) is 4.14. The number of aromatic nitrogens is 3. The quantitative estimate of drug-likeness (QED) is 0.382. The number of rotatable bonds is 7. The Labute approximate surface area is 204 Å². The summed E-state index contributed by atoms with van der Waals surface area (Å²) in [6.45, 7) is 6.44. The van der Waals surface area contributed by atoms with Gasteiger partial charge in [0.05, 0.1) is 17.1 Å². The summed E-state index contributed by atoms with van der Waals surface area (Å²) < 4.78 is 1.87. The van der Waals surface area contributed by atoms with Gasteiger partial charge in [0.15, 0.2) is 5.65 Å². The third-order valence-electron chi connectivity index (χ3n) is 6.27. The molecule has 2 amide bonds. The summed E-state index contributed by atoms with van der Waals surface area (Å²) in [7, 11) is 0. The predicted octanol–water partition coefficient (Wildman–Crippen LogP) is 5.38. The molecule has 5 rings (SSSR count). The van der Waals surface area contributed by atoms with Gasteiger partial charge in [-0.3, -0.25) is 9.59 Å². The molecule has 4 aromatic rings. The fourth-order valence-electron chi connectivity index (χ4n) is 4.14. The topological polar surface area (TPSA) is 88.9 Å². The van der Waals surface area contributed by atoms with E-state index < -0.39 is 0 Å². The molecule has 35 heavy (non-hydrogen) atoms. The molecule has 2 heterocycles. The molecule has 2 N–H and O–H groups in total. The van der Waals surface area contributed by atoms with Crippen LogP contribution < -0.4 is 10.6 Å². The number of carbonyl (C=O) groups excluding carboxylic acids is 2.